The number of nitrogens with one attached hydrogen (secondary N) is 1. The molecule has 17 heavy (non-hydrogen) atoms. The summed E-state index contributed by atoms with van der Waals surface area (Å²) in [5.74, 6) is 0. The predicted molar refractivity (Wildman–Crippen MR) is 66.8 cm³/mol. The van der Waals surface area contributed by atoms with Crippen molar-refractivity contribution in [1.29, 1.82) is 0 Å². The molecule has 0 aliphatic heterocycles. The average Bonchev–Trinajstić information content (AvgIpc) is 2.96. The Morgan fingerprint density at radius 1 is 1.35 bits per heavy atom. The molecule has 0 bridgehead atoms. The molecule has 0 spiro atoms. The molecule has 86 valence electrons. The first-order chi connectivity index (χ1) is 8.25. The molecule has 0 fully saturated rings. The van der Waals surface area contributed by atoms with E-state index in [2.05, 4.69) is 11.1 Å². The van der Waals surface area contributed by atoms with Gasteiger partial charge >= 0.3 is 0 Å². The predicted octanol–water partition coefficient (Wildman–Crippen LogP) is 3.64. The zero-order chi connectivity index (χ0) is 11.8. The number of benzene rings is 1. The third kappa shape index (κ3) is 1.62. The van der Waals surface area contributed by atoms with E-state index in [4.69, 9.17) is 0 Å². The lowest BCUT2D eigenvalue weighted by Crippen LogP contribution is -1.87. The van der Waals surface area contributed by atoms with Crippen molar-refractivity contribution >= 4 is 22.2 Å². The molecule has 1 heterocycles. The third-order valence-corrected chi connectivity index (χ3v) is 3.26. The van der Waals surface area contributed by atoms with Gasteiger partial charge in [-0.3, -0.25) is 10.1 Å². The fourth-order valence-electron chi connectivity index (χ4n) is 2.41. The van der Waals surface area contributed by atoms with Gasteiger partial charge in [0.15, 0.2) is 0 Å². The van der Waals surface area contributed by atoms with Crippen LogP contribution in [0, 0.1) is 10.1 Å². The smallest absolute Gasteiger partial charge is 0.271 e. The molecule has 1 aromatic carbocycles. The zero-order valence-electron chi connectivity index (χ0n) is 9.27. The van der Waals surface area contributed by atoms with Crippen molar-refractivity contribution in [3.63, 3.8) is 0 Å². The van der Waals surface area contributed by atoms with Gasteiger partial charge in [-0.1, -0.05) is 6.08 Å². The van der Waals surface area contributed by atoms with Crippen LogP contribution >= 0.6 is 0 Å². The minimum Gasteiger partial charge on any atom is -0.360 e. The Hall–Kier alpha value is -2.10. The van der Waals surface area contributed by atoms with Crippen LogP contribution in [0.25, 0.3) is 16.5 Å². The molecular weight excluding hydrogens is 216 g/mol. The topological polar surface area (TPSA) is 58.9 Å². The molecule has 0 saturated carbocycles. The van der Waals surface area contributed by atoms with Crippen LogP contribution in [0.4, 0.5) is 5.69 Å². The molecule has 4 nitrogen and oxygen atoms in total. The number of non-ortho nitro benzene ring substituents is 1. The van der Waals surface area contributed by atoms with E-state index in [9.17, 15) is 10.1 Å². The van der Waals surface area contributed by atoms with Gasteiger partial charge in [0.05, 0.1) is 10.4 Å². The van der Waals surface area contributed by atoms with Crippen molar-refractivity contribution in [2.75, 3.05) is 0 Å². The number of rotatable bonds is 2. The number of H-pyrrole nitrogens is 1. The van der Waals surface area contributed by atoms with Gasteiger partial charge in [0.25, 0.3) is 5.69 Å². The summed E-state index contributed by atoms with van der Waals surface area (Å²) in [6, 6.07) is 4.99. The van der Waals surface area contributed by atoms with Gasteiger partial charge in [-0.2, -0.15) is 0 Å². The quantitative estimate of drug-likeness (QED) is 0.630. The van der Waals surface area contributed by atoms with Crippen LogP contribution in [-0.4, -0.2) is 9.91 Å². The lowest BCUT2D eigenvalue weighted by Gasteiger charge is -1.99. The van der Waals surface area contributed by atoms with Crippen molar-refractivity contribution in [2.45, 2.75) is 19.3 Å². The molecule has 1 N–H and O–H groups in total. The second kappa shape index (κ2) is 3.73. The molecule has 0 saturated heterocycles. The summed E-state index contributed by atoms with van der Waals surface area (Å²) in [7, 11) is 0. The second-order valence-corrected chi connectivity index (χ2v) is 4.31. The maximum atomic E-state index is 10.7. The second-order valence-electron chi connectivity index (χ2n) is 4.31. The van der Waals surface area contributed by atoms with E-state index in [0.717, 1.165) is 23.7 Å². The lowest BCUT2D eigenvalue weighted by molar-refractivity contribution is -0.384. The highest BCUT2D eigenvalue weighted by atomic mass is 16.6. The summed E-state index contributed by atoms with van der Waals surface area (Å²) in [4.78, 5) is 13.4. The Morgan fingerprint density at radius 2 is 2.24 bits per heavy atom. The molecule has 3 rings (SSSR count). The fraction of sp³-hybridized carbons (Fsp3) is 0.231. The average molecular weight is 228 g/mol. The molecule has 1 aliphatic carbocycles. The van der Waals surface area contributed by atoms with Gasteiger partial charge in [0.1, 0.15) is 0 Å². The van der Waals surface area contributed by atoms with E-state index in [1.54, 1.807) is 12.1 Å². The Kier molecular flexibility index (Phi) is 2.21. The van der Waals surface area contributed by atoms with Crippen LogP contribution in [0.15, 0.2) is 30.5 Å². The van der Waals surface area contributed by atoms with Crippen molar-refractivity contribution < 1.29 is 4.92 Å². The summed E-state index contributed by atoms with van der Waals surface area (Å²) < 4.78 is 0. The van der Waals surface area contributed by atoms with Crippen LogP contribution in [0.5, 0.6) is 0 Å². The normalized spacial score (nSPS) is 15.2. The summed E-state index contributed by atoms with van der Waals surface area (Å²) in [6.45, 7) is 0. The maximum absolute atomic E-state index is 10.7. The Balaban J connectivity index is 2.13. The van der Waals surface area contributed by atoms with Crippen molar-refractivity contribution in [2.24, 2.45) is 0 Å². The Labute approximate surface area is 98.1 Å². The van der Waals surface area contributed by atoms with Crippen LogP contribution in [0.1, 0.15) is 24.8 Å². The van der Waals surface area contributed by atoms with E-state index in [-0.39, 0.29) is 10.6 Å². The van der Waals surface area contributed by atoms with Crippen LogP contribution in [0.2, 0.25) is 0 Å². The van der Waals surface area contributed by atoms with Crippen LogP contribution < -0.4 is 0 Å². The lowest BCUT2D eigenvalue weighted by atomic mass is 10.0. The molecule has 2 aromatic rings. The molecule has 4 heteroatoms. The van der Waals surface area contributed by atoms with Crippen molar-refractivity contribution in [3.8, 4) is 0 Å². The summed E-state index contributed by atoms with van der Waals surface area (Å²) in [5.41, 5.74) is 3.51. The Morgan fingerprint density at radius 3 is 2.94 bits per heavy atom. The largest absolute Gasteiger partial charge is 0.360 e. The summed E-state index contributed by atoms with van der Waals surface area (Å²) in [5, 5.41) is 11.8. The van der Waals surface area contributed by atoms with E-state index < -0.39 is 0 Å². The standard InChI is InChI=1S/C13H12N2O2/c16-15(17)10-5-6-11-12(8-14-13(11)7-10)9-3-1-2-4-9/h3,5-8,14H,1-2,4H2. The molecule has 0 radical (unpaired) electrons. The third-order valence-electron chi connectivity index (χ3n) is 3.26. The summed E-state index contributed by atoms with van der Waals surface area (Å²) in [6.07, 6.45) is 7.64. The number of fused-ring (bicyclic) bond motifs is 1. The van der Waals surface area contributed by atoms with Gasteiger partial charge in [0, 0.05) is 29.3 Å². The Bertz CT molecular complexity index is 625. The number of aromatic nitrogens is 1. The van der Waals surface area contributed by atoms with E-state index in [0.29, 0.717) is 0 Å². The number of hydrogen-bond donors (Lipinski definition) is 1. The highest BCUT2D eigenvalue weighted by Crippen LogP contribution is 2.33. The van der Waals surface area contributed by atoms with Gasteiger partial charge in [-0.15, -0.1) is 0 Å². The van der Waals surface area contributed by atoms with Gasteiger partial charge in [-0.05, 0) is 30.9 Å². The number of nitrogens with zero attached hydrogens (tertiary/aromatic N) is 1. The van der Waals surface area contributed by atoms with Crippen LogP contribution in [0.3, 0.4) is 0 Å². The minimum absolute atomic E-state index is 0.131. The minimum atomic E-state index is -0.366. The SMILES string of the molecule is O=[N+]([O-])c1ccc2c(C3=CCCC3)c[nH]c2c1. The van der Waals surface area contributed by atoms with Crippen LogP contribution in [-0.2, 0) is 0 Å². The molecule has 0 amide bonds. The number of allylic oxidation sites excluding steroid dienone is 2. The monoisotopic (exact) mass is 228 g/mol. The summed E-state index contributed by atoms with van der Waals surface area (Å²) >= 11 is 0. The number of nitro groups is 1. The first-order valence-corrected chi connectivity index (χ1v) is 5.70. The number of nitro benzene ring substituents is 1. The van der Waals surface area contributed by atoms with E-state index >= 15 is 0 Å². The number of aromatic amines is 1. The van der Waals surface area contributed by atoms with E-state index in [1.807, 2.05) is 12.3 Å². The molecule has 1 aromatic heterocycles. The van der Waals surface area contributed by atoms with Crippen molar-refractivity contribution in [1.82, 2.24) is 4.98 Å². The highest BCUT2D eigenvalue weighted by Gasteiger charge is 2.14. The van der Waals surface area contributed by atoms with Gasteiger partial charge in [0.2, 0.25) is 0 Å². The maximum Gasteiger partial charge on any atom is 0.271 e. The first-order valence-electron chi connectivity index (χ1n) is 5.70. The molecule has 0 atom stereocenters. The fourth-order valence-corrected chi connectivity index (χ4v) is 2.41. The highest BCUT2D eigenvalue weighted by molar-refractivity contribution is 5.94. The van der Waals surface area contributed by atoms with E-state index in [1.165, 1.54) is 17.6 Å². The first kappa shape index (κ1) is 10.1. The molecular formula is C13H12N2O2. The molecule has 0 unspecified atom stereocenters. The van der Waals surface area contributed by atoms with Gasteiger partial charge < -0.3 is 4.98 Å². The zero-order valence-corrected chi connectivity index (χ0v) is 9.27. The van der Waals surface area contributed by atoms with Gasteiger partial charge in [-0.25, -0.2) is 0 Å². The number of hydrogen-bond acceptors (Lipinski definition) is 2. The molecule has 1 aliphatic rings. The van der Waals surface area contributed by atoms with Crippen molar-refractivity contribution in [3.05, 3.63) is 46.1 Å².